The first-order chi connectivity index (χ1) is 15.0. The molecule has 2 heterocycles. The Bertz CT molecular complexity index is 970. The van der Waals surface area contributed by atoms with Crippen molar-refractivity contribution in [2.24, 2.45) is 0 Å². The summed E-state index contributed by atoms with van der Waals surface area (Å²) in [5.41, 5.74) is 1.82. The van der Waals surface area contributed by atoms with Crippen molar-refractivity contribution in [1.82, 2.24) is 9.80 Å². The van der Waals surface area contributed by atoms with Gasteiger partial charge in [0.2, 0.25) is 5.91 Å². The third kappa shape index (κ3) is 4.91. The molecule has 0 radical (unpaired) electrons. The third-order valence-electron chi connectivity index (χ3n) is 5.48. The summed E-state index contributed by atoms with van der Waals surface area (Å²) in [6, 6.07) is 10.6. The Balaban J connectivity index is 1.46. The standard InChI is InChI=1S/C23H27N3O5/c1-25-7-9-26(10-8-25)23(28)17-4-6-19(29-2)18(15-17)24-22(27)14-16-3-5-20-21(13-16)31-12-11-30-20/h3-6,13,15H,7-12,14H2,1-2H3,(H,24,27). The Morgan fingerprint density at radius 2 is 1.74 bits per heavy atom. The Kier molecular flexibility index (Phi) is 6.27. The van der Waals surface area contributed by atoms with E-state index in [1.807, 2.05) is 30.1 Å². The van der Waals surface area contributed by atoms with Gasteiger partial charge in [-0.15, -0.1) is 0 Å². The maximum absolute atomic E-state index is 12.9. The fraction of sp³-hybridized carbons (Fsp3) is 0.391. The number of carbonyl (C=O) groups excluding carboxylic acids is 2. The second-order valence-electron chi connectivity index (χ2n) is 7.71. The molecule has 164 valence electrons. The fourth-order valence-corrected chi connectivity index (χ4v) is 3.71. The van der Waals surface area contributed by atoms with Crippen LogP contribution in [0.4, 0.5) is 5.69 Å². The zero-order chi connectivity index (χ0) is 21.8. The molecule has 0 aromatic heterocycles. The Morgan fingerprint density at radius 1 is 1.00 bits per heavy atom. The van der Waals surface area contributed by atoms with Crippen molar-refractivity contribution in [1.29, 1.82) is 0 Å². The van der Waals surface area contributed by atoms with Gasteiger partial charge in [-0.05, 0) is 42.9 Å². The number of amides is 2. The van der Waals surface area contributed by atoms with E-state index in [1.54, 1.807) is 18.2 Å². The topological polar surface area (TPSA) is 80.3 Å². The first kappa shape index (κ1) is 21.0. The number of rotatable bonds is 5. The lowest BCUT2D eigenvalue weighted by molar-refractivity contribution is -0.115. The van der Waals surface area contributed by atoms with Gasteiger partial charge in [-0.25, -0.2) is 0 Å². The molecular formula is C23H27N3O5. The summed E-state index contributed by atoms with van der Waals surface area (Å²) in [4.78, 5) is 29.6. The monoisotopic (exact) mass is 425 g/mol. The highest BCUT2D eigenvalue weighted by molar-refractivity contribution is 5.99. The normalized spacial score (nSPS) is 16.0. The van der Waals surface area contributed by atoms with Gasteiger partial charge in [0.1, 0.15) is 19.0 Å². The predicted octanol–water partition coefficient (Wildman–Crippen LogP) is 2.04. The van der Waals surface area contributed by atoms with Crippen LogP contribution >= 0.6 is 0 Å². The van der Waals surface area contributed by atoms with Crippen LogP contribution in [0.25, 0.3) is 0 Å². The van der Waals surface area contributed by atoms with Crippen LogP contribution in [0, 0.1) is 0 Å². The number of hydrogen-bond donors (Lipinski definition) is 1. The van der Waals surface area contributed by atoms with Crippen LogP contribution in [0.5, 0.6) is 17.2 Å². The minimum Gasteiger partial charge on any atom is -0.495 e. The number of carbonyl (C=O) groups is 2. The highest BCUT2D eigenvalue weighted by atomic mass is 16.6. The van der Waals surface area contributed by atoms with Crippen molar-refractivity contribution >= 4 is 17.5 Å². The molecule has 0 unspecified atom stereocenters. The van der Waals surface area contributed by atoms with E-state index in [-0.39, 0.29) is 18.2 Å². The van der Waals surface area contributed by atoms with Crippen molar-refractivity contribution in [2.75, 3.05) is 58.9 Å². The molecule has 4 rings (SSSR count). The smallest absolute Gasteiger partial charge is 0.254 e. The van der Waals surface area contributed by atoms with Gasteiger partial charge in [0, 0.05) is 31.7 Å². The summed E-state index contributed by atoms with van der Waals surface area (Å²) in [7, 11) is 3.58. The number of likely N-dealkylation sites (N-methyl/N-ethyl adjacent to an activating group) is 1. The maximum Gasteiger partial charge on any atom is 0.254 e. The number of nitrogens with one attached hydrogen (secondary N) is 1. The molecule has 31 heavy (non-hydrogen) atoms. The molecule has 0 spiro atoms. The summed E-state index contributed by atoms with van der Waals surface area (Å²) in [5, 5.41) is 2.88. The summed E-state index contributed by atoms with van der Waals surface area (Å²) in [5.74, 6) is 1.59. The van der Waals surface area contributed by atoms with E-state index >= 15 is 0 Å². The molecule has 0 aliphatic carbocycles. The number of piperazine rings is 1. The van der Waals surface area contributed by atoms with Crippen LogP contribution in [0.15, 0.2) is 36.4 Å². The predicted molar refractivity (Wildman–Crippen MR) is 116 cm³/mol. The molecule has 8 nitrogen and oxygen atoms in total. The summed E-state index contributed by atoms with van der Waals surface area (Å²) in [6.45, 7) is 4.09. The van der Waals surface area contributed by atoms with Crippen molar-refractivity contribution in [3.8, 4) is 17.2 Å². The molecule has 0 atom stereocenters. The molecule has 2 amide bonds. The van der Waals surface area contributed by atoms with Crippen LogP contribution in [-0.2, 0) is 11.2 Å². The Hall–Kier alpha value is -3.26. The van der Waals surface area contributed by atoms with Gasteiger partial charge in [-0.3, -0.25) is 9.59 Å². The van der Waals surface area contributed by atoms with Gasteiger partial charge < -0.3 is 29.3 Å². The lowest BCUT2D eigenvalue weighted by Gasteiger charge is -2.32. The molecular weight excluding hydrogens is 398 g/mol. The molecule has 0 saturated carbocycles. The van der Waals surface area contributed by atoms with E-state index in [9.17, 15) is 9.59 Å². The van der Waals surface area contributed by atoms with E-state index in [4.69, 9.17) is 14.2 Å². The summed E-state index contributed by atoms with van der Waals surface area (Å²) in [6.07, 6.45) is 0.163. The quantitative estimate of drug-likeness (QED) is 0.790. The molecule has 2 aromatic carbocycles. The van der Waals surface area contributed by atoms with Gasteiger partial charge in [0.05, 0.1) is 19.2 Å². The lowest BCUT2D eigenvalue weighted by Crippen LogP contribution is -2.47. The first-order valence-corrected chi connectivity index (χ1v) is 10.4. The van der Waals surface area contributed by atoms with Gasteiger partial charge in [0.25, 0.3) is 5.91 Å². The Morgan fingerprint density at radius 3 is 2.48 bits per heavy atom. The van der Waals surface area contributed by atoms with E-state index in [2.05, 4.69) is 10.2 Å². The minimum absolute atomic E-state index is 0.0434. The van der Waals surface area contributed by atoms with E-state index in [0.29, 0.717) is 54.8 Å². The zero-order valence-electron chi connectivity index (χ0n) is 17.8. The second-order valence-corrected chi connectivity index (χ2v) is 7.71. The highest BCUT2D eigenvalue weighted by Crippen LogP contribution is 2.31. The average molecular weight is 425 g/mol. The number of hydrogen-bond acceptors (Lipinski definition) is 6. The summed E-state index contributed by atoms with van der Waals surface area (Å²) < 4.78 is 16.5. The second kappa shape index (κ2) is 9.26. The lowest BCUT2D eigenvalue weighted by atomic mass is 10.1. The molecule has 0 bridgehead atoms. The van der Waals surface area contributed by atoms with Gasteiger partial charge in [-0.2, -0.15) is 0 Å². The minimum atomic E-state index is -0.209. The molecule has 2 aliphatic rings. The van der Waals surface area contributed by atoms with Crippen molar-refractivity contribution in [3.63, 3.8) is 0 Å². The molecule has 8 heteroatoms. The molecule has 1 N–H and O–H groups in total. The number of benzene rings is 2. The van der Waals surface area contributed by atoms with Crippen molar-refractivity contribution < 1.29 is 23.8 Å². The number of fused-ring (bicyclic) bond motifs is 1. The van der Waals surface area contributed by atoms with Crippen LogP contribution < -0.4 is 19.5 Å². The van der Waals surface area contributed by atoms with Crippen LogP contribution in [-0.4, -0.2) is 75.2 Å². The number of anilines is 1. The fourth-order valence-electron chi connectivity index (χ4n) is 3.71. The number of ether oxygens (including phenoxy) is 3. The number of methoxy groups -OCH3 is 1. The largest absolute Gasteiger partial charge is 0.495 e. The molecule has 1 saturated heterocycles. The summed E-state index contributed by atoms with van der Waals surface area (Å²) >= 11 is 0. The highest BCUT2D eigenvalue weighted by Gasteiger charge is 2.22. The van der Waals surface area contributed by atoms with E-state index in [1.165, 1.54) is 7.11 Å². The van der Waals surface area contributed by atoms with Crippen LogP contribution in [0.3, 0.4) is 0 Å². The van der Waals surface area contributed by atoms with Crippen molar-refractivity contribution in [2.45, 2.75) is 6.42 Å². The van der Waals surface area contributed by atoms with E-state index < -0.39 is 0 Å². The van der Waals surface area contributed by atoms with Gasteiger partial charge >= 0.3 is 0 Å². The third-order valence-corrected chi connectivity index (χ3v) is 5.48. The van der Waals surface area contributed by atoms with Gasteiger partial charge in [0.15, 0.2) is 11.5 Å². The SMILES string of the molecule is COc1ccc(C(=O)N2CCN(C)CC2)cc1NC(=O)Cc1ccc2c(c1)OCCO2. The van der Waals surface area contributed by atoms with Crippen molar-refractivity contribution in [3.05, 3.63) is 47.5 Å². The van der Waals surface area contributed by atoms with E-state index in [0.717, 1.165) is 18.7 Å². The molecule has 2 aromatic rings. The van der Waals surface area contributed by atoms with Gasteiger partial charge in [-0.1, -0.05) is 6.07 Å². The van der Waals surface area contributed by atoms with Crippen LogP contribution in [0.1, 0.15) is 15.9 Å². The average Bonchev–Trinajstić information content (AvgIpc) is 2.79. The Labute approximate surface area is 181 Å². The molecule has 1 fully saturated rings. The number of nitrogens with zero attached hydrogens (tertiary/aromatic N) is 2. The molecule has 2 aliphatic heterocycles. The van der Waals surface area contributed by atoms with Crippen LogP contribution in [0.2, 0.25) is 0 Å². The zero-order valence-corrected chi connectivity index (χ0v) is 17.8. The first-order valence-electron chi connectivity index (χ1n) is 10.4. The maximum atomic E-state index is 12.9.